The zero-order chi connectivity index (χ0) is 55.9. The monoisotopic (exact) mass is 1130 g/mol. The molecule has 0 aliphatic carbocycles. The minimum absolute atomic E-state index is 0.000843. The van der Waals surface area contributed by atoms with Crippen LogP contribution in [-0.2, 0) is 46.0 Å². The van der Waals surface area contributed by atoms with Gasteiger partial charge in [0.15, 0.2) is 16.1 Å². The average Bonchev–Trinajstić information content (AvgIpc) is 4.31. The number of rotatable bonds is 14. The van der Waals surface area contributed by atoms with Crippen molar-refractivity contribution in [1.29, 1.82) is 0 Å². The number of ether oxygens (including phenoxy) is 2. The molecule has 0 amide bonds. The van der Waals surface area contributed by atoms with E-state index in [-0.39, 0.29) is 32.3 Å². The fourth-order valence-electron chi connectivity index (χ4n) is 9.28. The van der Waals surface area contributed by atoms with Crippen LogP contribution in [0.1, 0.15) is 63.8 Å². The van der Waals surface area contributed by atoms with Gasteiger partial charge in [-0.2, -0.15) is 4.80 Å². The number of hydrogen-bond acceptors (Lipinski definition) is 18. The number of para-hydroxylation sites is 2. The quantitative estimate of drug-likeness (QED) is 0.0789. The van der Waals surface area contributed by atoms with Crippen molar-refractivity contribution >= 4 is 73.4 Å². The van der Waals surface area contributed by atoms with E-state index in [0.29, 0.717) is 91.7 Å². The predicted molar refractivity (Wildman–Crippen MR) is 306 cm³/mol. The van der Waals surface area contributed by atoms with Crippen molar-refractivity contribution in [2.75, 3.05) is 25.7 Å². The fraction of sp³-hybridized carbons (Fsp3) is 0.259. The Hall–Kier alpha value is -7.74. The third-order valence-corrected chi connectivity index (χ3v) is 16.1. The van der Waals surface area contributed by atoms with Gasteiger partial charge < -0.3 is 20.9 Å². The first kappa shape index (κ1) is 55.0. The number of nitrogens with zero attached hydrogens (tertiary/aromatic N) is 10. The summed E-state index contributed by atoms with van der Waals surface area (Å²) in [6.07, 6.45) is 0.944. The number of anilines is 2. The van der Waals surface area contributed by atoms with Gasteiger partial charge in [0.1, 0.15) is 11.5 Å². The second kappa shape index (κ2) is 21.6. The Morgan fingerprint density at radius 2 is 1.01 bits per heavy atom. The van der Waals surface area contributed by atoms with Crippen LogP contribution in [0.15, 0.2) is 119 Å². The minimum atomic E-state index is -4.21. The molecule has 78 heavy (non-hydrogen) atoms. The average molecular weight is 1130 g/mol. The van der Waals surface area contributed by atoms with Crippen LogP contribution in [0.4, 0.5) is 10.3 Å². The van der Waals surface area contributed by atoms with E-state index in [1.165, 1.54) is 27.5 Å². The zero-order valence-corrected chi connectivity index (χ0v) is 47.4. The fourth-order valence-corrected chi connectivity index (χ4v) is 12.8. The second-order valence-corrected chi connectivity index (χ2v) is 26.0. The maximum Gasteiger partial charge on any atom is 0.239 e. The Kier molecular flexibility index (Phi) is 15.2. The molecule has 0 atom stereocenters. The van der Waals surface area contributed by atoms with Crippen LogP contribution in [-0.4, -0.2) is 81.4 Å². The van der Waals surface area contributed by atoms with Gasteiger partial charge in [-0.15, -0.1) is 15.3 Å². The Balaban J connectivity index is 0.000000190. The standard InChI is InChI=1S/2C27H29N7O3S2/c1-27(2,3)14-17-10-13-19(20-6-5-7-21-23(20)30-26(28)38-21)22(24(17)39(29,35)36)25-31-32-33-34(25)15-16-8-11-18(37-4)12-9-16;1-27(2,3)14-17-10-13-19(20-6-5-7-21-23(20)30-26(28)38-21)22(24(17)39(29,35)36)25-31-33-34(32-25)15-16-8-11-18(37-4)12-9-16/h2*5-13H,14-15H2,1-4H3,(H2,28,30)(H2,29,35,36). The number of methoxy groups -OCH3 is 2. The van der Waals surface area contributed by atoms with Gasteiger partial charge in [0.2, 0.25) is 25.9 Å². The summed E-state index contributed by atoms with van der Waals surface area (Å²) in [6, 6.07) is 33.8. The Bertz CT molecular complexity index is 4070. The molecule has 8 N–H and O–H groups in total. The van der Waals surface area contributed by atoms with Gasteiger partial charge in [0.25, 0.3) is 0 Å². The SMILES string of the molecule is COc1ccc(Cn2nnc(-c3c(-c4cccc5sc(N)nc45)ccc(CC(C)(C)C)c3S(N)(=O)=O)n2)cc1.COc1ccc(Cn2nnnc2-c2c(-c3cccc4sc(N)nc34)ccc(CC(C)(C)C)c2S(N)(=O)=O)cc1. The Morgan fingerprint density at radius 1 is 0.551 bits per heavy atom. The van der Waals surface area contributed by atoms with E-state index in [1.54, 1.807) is 25.0 Å². The molecule has 0 bridgehead atoms. The smallest absolute Gasteiger partial charge is 0.239 e. The predicted octanol–water partition coefficient (Wildman–Crippen LogP) is 8.98. The lowest BCUT2D eigenvalue weighted by Gasteiger charge is -2.23. The van der Waals surface area contributed by atoms with Crippen LogP contribution in [0.3, 0.4) is 0 Å². The van der Waals surface area contributed by atoms with E-state index in [4.69, 9.17) is 31.2 Å². The van der Waals surface area contributed by atoms with Gasteiger partial charge in [0, 0.05) is 16.7 Å². The highest BCUT2D eigenvalue weighted by Crippen LogP contribution is 2.44. The summed E-state index contributed by atoms with van der Waals surface area (Å²) in [5.41, 5.74) is 19.2. The van der Waals surface area contributed by atoms with Gasteiger partial charge in [-0.1, -0.05) is 137 Å². The summed E-state index contributed by atoms with van der Waals surface area (Å²) in [5, 5.41) is 38.2. The second-order valence-electron chi connectivity index (χ2n) is 20.9. The van der Waals surface area contributed by atoms with Gasteiger partial charge in [-0.25, -0.2) is 41.8 Å². The number of fused-ring (bicyclic) bond motifs is 2. The molecule has 0 spiro atoms. The molecular weight excluding hydrogens is 1070 g/mol. The molecule has 0 fully saturated rings. The molecule has 4 aromatic heterocycles. The summed E-state index contributed by atoms with van der Waals surface area (Å²) in [4.78, 5) is 10.5. The van der Waals surface area contributed by atoms with Gasteiger partial charge in [0.05, 0.1) is 63.1 Å². The lowest BCUT2D eigenvalue weighted by Crippen LogP contribution is -2.20. The van der Waals surface area contributed by atoms with Gasteiger partial charge in [-0.05, 0) is 109 Å². The molecule has 0 saturated heterocycles. The van der Waals surface area contributed by atoms with Crippen molar-refractivity contribution in [2.24, 2.45) is 21.1 Å². The third kappa shape index (κ3) is 12.2. The Morgan fingerprint density at radius 3 is 1.47 bits per heavy atom. The van der Waals surface area contributed by atoms with Crippen LogP contribution in [0.2, 0.25) is 0 Å². The van der Waals surface area contributed by atoms with Crippen LogP contribution in [0.5, 0.6) is 11.5 Å². The lowest BCUT2D eigenvalue weighted by atomic mass is 9.86. The highest BCUT2D eigenvalue weighted by atomic mass is 32.2. The normalized spacial score (nSPS) is 12.2. The molecule has 24 heteroatoms. The number of nitrogens with two attached hydrogens (primary N) is 4. The molecule has 4 heterocycles. The molecule has 0 aliphatic heterocycles. The molecule has 10 aromatic rings. The minimum Gasteiger partial charge on any atom is -0.497 e. The molecule has 0 radical (unpaired) electrons. The number of nitrogen functional groups attached to an aromatic ring is 2. The van der Waals surface area contributed by atoms with Crippen LogP contribution < -0.4 is 31.2 Å². The molecule has 404 valence electrons. The zero-order valence-electron chi connectivity index (χ0n) is 44.1. The molecule has 0 unspecified atom stereocenters. The number of tetrazole rings is 2. The highest BCUT2D eigenvalue weighted by Gasteiger charge is 2.32. The summed E-state index contributed by atoms with van der Waals surface area (Å²) in [5.74, 6) is 1.89. The van der Waals surface area contributed by atoms with E-state index < -0.39 is 20.0 Å². The van der Waals surface area contributed by atoms with E-state index in [9.17, 15) is 16.8 Å². The van der Waals surface area contributed by atoms with Crippen LogP contribution in [0.25, 0.3) is 65.5 Å². The van der Waals surface area contributed by atoms with Crippen molar-refractivity contribution < 1.29 is 26.3 Å². The molecule has 0 aliphatic rings. The number of sulfonamides is 2. The molecule has 0 saturated carbocycles. The number of thiazole rings is 2. The topological polar surface area (TPSA) is 304 Å². The molecule has 10 rings (SSSR count). The lowest BCUT2D eigenvalue weighted by molar-refractivity contribution is 0.407. The van der Waals surface area contributed by atoms with E-state index in [2.05, 4.69) is 40.9 Å². The summed E-state index contributed by atoms with van der Waals surface area (Å²) >= 11 is 2.72. The number of benzene rings is 6. The van der Waals surface area contributed by atoms with Gasteiger partial charge >= 0.3 is 0 Å². The maximum absolute atomic E-state index is 13.3. The number of hydrogen-bond donors (Lipinski definition) is 4. The summed E-state index contributed by atoms with van der Waals surface area (Å²) < 4.78 is 66.8. The van der Waals surface area contributed by atoms with E-state index in [0.717, 1.165) is 32.0 Å². The third-order valence-electron chi connectivity index (χ3n) is 12.3. The van der Waals surface area contributed by atoms with Crippen molar-refractivity contribution in [2.45, 2.75) is 77.3 Å². The molecular formula is C54H58N14O6S4. The van der Waals surface area contributed by atoms with E-state index >= 15 is 0 Å². The Labute approximate surface area is 459 Å². The van der Waals surface area contributed by atoms with E-state index in [1.807, 2.05) is 145 Å². The van der Waals surface area contributed by atoms with Crippen LogP contribution in [0, 0.1) is 10.8 Å². The summed E-state index contributed by atoms with van der Waals surface area (Å²) in [6.45, 7) is 12.9. The van der Waals surface area contributed by atoms with Gasteiger partial charge in [-0.3, -0.25) is 0 Å². The molecule has 20 nitrogen and oxygen atoms in total. The maximum atomic E-state index is 13.3. The molecule has 6 aromatic carbocycles. The largest absolute Gasteiger partial charge is 0.497 e. The van der Waals surface area contributed by atoms with Crippen LogP contribution >= 0.6 is 22.7 Å². The first-order valence-corrected chi connectivity index (χ1v) is 29.1. The summed E-state index contributed by atoms with van der Waals surface area (Å²) in [7, 11) is -5.19. The van der Waals surface area contributed by atoms with Crippen molar-refractivity contribution in [1.82, 2.24) is 50.4 Å². The van der Waals surface area contributed by atoms with Crippen molar-refractivity contribution in [3.05, 3.63) is 131 Å². The number of primary sulfonamides is 2. The first-order valence-electron chi connectivity index (χ1n) is 24.4. The van der Waals surface area contributed by atoms with Crippen molar-refractivity contribution in [3.8, 4) is 56.5 Å². The van der Waals surface area contributed by atoms with Crippen molar-refractivity contribution in [3.63, 3.8) is 0 Å². The first-order chi connectivity index (χ1) is 36.9. The number of aromatic nitrogens is 10. The highest BCUT2D eigenvalue weighted by molar-refractivity contribution is 7.89.